The molecular formula is C52H35NO. The predicted octanol–water partition coefficient (Wildman–Crippen LogP) is 14.9. The second-order valence-electron chi connectivity index (χ2n) is 13.8. The highest BCUT2D eigenvalue weighted by atomic mass is 16.3. The Morgan fingerprint density at radius 1 is 0.315 bits per heavy atom. The molecule has 0 amide bonds. The van der Waals surface area contributed by atoms with Gasteiger partial charge in [-0.3, -0.25) is 0 Å². The first-order valence-electron chi connectivity index (χ1n) is 18.4. The Morgan fingerprint density at radius 3 is 1.72 bits per heavy atom. The molecular weight excluding hydrogens is 655 g/mol. The van der Waals surface area contributed by atoms with Crippen LogP contribution in [0.1, 0.15) is 0 Å². The van der Waals surface area contributed by atoms with Gasteiger partial charge in [-0.25, -0.2) is 0 Å². The van der Waals surface area contributed by atoms with Gasteiger partial charge in [0.05, 0.1) is 5.69 Å². The van der Waals surface area contributed by atoms with Crippen molar-refractivity contribution in [2.75, 3.05) is 4.90 Å². The fraction of sp³-hybridized carbons (Fsp3) is 0. The Kier molecular flexibility index (Phi) is 7.85. The van der Waals surface area contributed by atoms with E-state index in [2.05, 4.69) is 199 Å². The van der Waals surface area contributed by atoms with Crippen molar-refractivity contribution in [3.63, 3.8) is 0 Å². The van der Waals surface area contributed by atoms with Gasteiger partial charge >= 0.3 is 0 Å². The standard InChI is InChI=1S/C52H35NO/c1-2-12-36(13-3-1)47-19-7-8-20-48(47)38-26-29-45(30-27-38)53(50-22-11-16-37-14-4-6-21-49(37)50)46-31-28-41-32-40(24-25-42(41)34-46)39-17-10-18-43(33-39)52-35-44-15-5-9-23-51(44)54-52/h1-35H. The zero-order chi connectivity index (χ0) is 35.8. The summed E-state index contributed by atoms with van der Waals surface area (Å²) in [7, 11) is 0. The fourth-order valence-corrected chi connectivity index (χ4v) is 7.75. The molecule has 9 aromatic carbocycles. The van der Waals surface area contributed by atoms with Crippen LogP contribution < -0.4 is 4.90 Å². The minimum atomic E-state index is 0.880. The third kappa shape index (κ3) is 5.81. The maximum Gasteiger partial charge on any atom is 0.135 e. The first-order valence-corrected chi connectivity index (χ1v) is 18.4. The molecule has 0 fully saturated rings. The molecule has 2 heteroatoms. The summed E-state index contributed by atoms with van der Waals surface area (Å²) in [5, 5.41) is 5.91. The van der Waals surface area contributed by atoms with Crippen molar-refractivity contribution < 1.29 is 4.42 Å². The van der Waals surface area contributed by atoms with Crippen molar-refractivity contribution >= 4 is 49.6 Å². The molecule has 0 aliphatic rings. The topological polar surface area (TPSA) is 16.4 Å². The van der Waals surface area contributed by atoms with Crippen LogP contribution in [-0.4, -0.2) is 0 Å². The van der Waals surface area contributed by atoms with Gasteiger partial charge in [0, 0.05) is 27.7 Å². The van der Waals surface area contributed by atoms with Gasteiger partial charge in [-0.15, -0.1) is 0 Å². The van der Waals surface area contributed by atoms with Crippen LogP contribution >= 0.6 is 0 Å². The quantitative estimate of drug-likeness (QED) is 0.166. The molecule has 0 unspecified atom stereocenters. The maximum absolute atomic E-state index is 6.20. The number of nitrogens with zero attached hydrogens (tertiary/aromatic N) is 1. The van der Waals surface area contributed by atoms with Crippen molar-refractivity contribution in [3.05, 3.63) is 212 Å². The van der Waals surface area contributed by atoms with Crippen LogP contribution in [0.4, 0.5) is 17.1 Å². The molecule has 10 aromatic rings. The molecule has 254 valence electrons. The van der Waals surface area contributed by atoms with Crippen LogP contribution in [0.2, 0.25) is 0 Å². The largest absolute Gasteiger partial charge is 0.456 e. The Hall–Kier alpha value is -7.16. The summed E-state index contributed by atoms with van der Waals surface area (Å²) in [4.78, 5) is 2.39. The van der Waals surface area contributed by atoms with Crippen LogP contribution in [0, 0.1) is 0 Å². The second kappa shape index (κ2) is 13.4. The van der Waals surface area contributed by atoms with Gasteiger partial charge in [0.25, 0.3) is 0 Å². The Morgan fingerprint density at radius 2 is 0.889 bits per heavy atom. The summed E-state index contributed by atoms with van der Waals surface area (Å²) < 4.78 is 6.20. The van der Waals surface area contributed by atoms with E-state index in [1.807, 2.05) is 18.2 Å². The monoisotopic (exact) mass is 689 g/mol. The van der Waals surface area contributed by atoms with Crippen molar-refractivity contribution in [2.45, 2.75) is 0 Å². The Bertz CT molecular complexity index is 2900. The molecule has 0 bridgehead atoms. The lowest BCUT2D eigenvalue weighted by Crippen LogP contribution is -2.10. The van der Waals surface area contributed by atoms with E-state index in [0.717, 1.165) is 44.9 Å². The molecule has 1 heterocycles. The van der Waals surface area contributed by atoms with Crippen molar-refractivity contribution in [1.82, 2.24) is 0 Å². The molecule has 0 spiro atoms. The summed E-state index contributed by atoms with van der Waals surface area (Å²) in [5.41, 5.74) is 12.5. The van der Waals surface area contributed by atoms with E-state index < -0.39 is 0 Å². The summed E-state index contributed by atoms with van der Waals surface area (Å²) in [6.07, 6.45) is 0. The van der Waals surface area contributed by atoms with Gasteiger partial charge in [0.2, 0.25) is 0 Å². The van der Waals surface area contributed by atoms with E-state index in [-0.39, 0.29) is 0 Å². The Balaban J connectivity index is 1.04. The van der Waals surface area contributed by atoms with Gasteiger partial charge in [0.15, 0.2) is 0 Å². The highest BCUT2D eigenvalue weighted by Crippen LogP contribution is 2.42. The molecule has 0 atom stereocenters. The van der Waals surface area contributed by atoms with Crippen molar-refractivity contribution in [1.29, 1.82) is 0 Å². The number of rotatable bonds is 7. The van der Waals surface area contributed by atoms with Crippen LogP contribution in [0.25, 0.3) is 77.2 Å². The van der Waals surface area contributed by atoms with Crippen LogP contribution in [0.15, 0.2) is 217 Å². The molecule has 1 aromatic heterocycles. The molecule has 0 aliphatic carbocycles. The maximum atomic E-state index is 6.20. The molecule has 2 nitrogen and oxygen atoms in total. The number of benzene rings is 9. The molecule has 0 N–H and O–H groups in total. The van der Waals surface area contributed by atoms with Crippen LogP contribution in [0.5, 0.6) is 0 Å². The lowest BCUT2D eigenvalue weighted by atomic mass is 9.94. The molecule has 54 heavy (non-hydrogen) atoms. The summed E-state index contributed by atoms with van der Waals surface area (Å²) in [6.45, 7) is 0. The number of hydrogen-bond acceptors (Lipinski definition) is 2. The normalized spacial score (nSPS) is 11.3. The van der Waals surface area contributed by atoms with Crippen LogP contribution in [-0.2, 0) is 0 Å². The lowest BCUT2D eigenvalue weighted by molar-refractivity contribution is 0.631. The fourth-order valence-electron chi connectivity index (χ4n) is 7.75. The predicted molar refractivity (Wildman–Crippen MR) is 228 cm³/mol. The highest BCUT2D eigenvalue weighted by molar-refractivity contribution is 6.01. The molecule has 0 saturated carbocycles. The zero-order valence-corrected chi connectivity index (χ0v) is 29.6. The van der Waals surface area contributed by atoms with Crippen molar-refractivity contribution in [2.24, 2.45) is 0 Å². The van der Waals surface area contributed by atoms with Gasteiger partial charge in [0.1, 0.15) is 11.3 Å². The zero-order valence-electron chi connectivity index (χ0n) is 29.6. The van der Waals surface area contributed by atoms with Crippen LogP contribution in [0.3, 0.4) is 0 Å². The van der Waals surface area contributed by atoms with E-state index in [1.54, 1.807) is 0 Å². The van der Waals surface area contributed by atoms with Gasteiger partial charge in [-0.1, -0.05) is 158 Å². The van der Waals surface area contributed by atoms with E-state index in [1.165, 1.54) is 49.4 Å². The smallest absolute Gasteiger partial charge is 0.135 e. The third-order valence-electron chi connectivity index (χ3n) is 10.4. The summed E-state index contributed by atoms with van der Waals surface area (Å²) >= 11 is 0. The van der Waals surface area contributed by atoms with Gasteiger partial charge in [-0.2, -0.15) is 0 Å². The number of anilines is 3. The van der Waals surface area contributed by atoms with Gasteiger partial charge < -0.3 is 9.32 Å². The Labute approximate surface area is 314 Å². The molecule has 0 radical (unpaired) electrons. The molecule has 0 saturated heterocycles. The third-order valence-corrected chi connectivity index (χ3v) is 10.4. The lowest BCUT2D eigenvalue weighted by Gasteiger charge is -2.27. The number of fused-ring (bicyclic) bond motifs is 3. The van der Waals surface area contributed by atoms with Crippen molar-refractivity contribution in [3.8, 4) is 44.7 Å². The second-order valence-corrected chi connectivity index (χ2v) is 13.8. The van der Waals surface area contributed by atoms with E-state index in [4.69, 9.17) is 4.42 Å². The number of furan rings is 1. The number of hydrogen-bond donors (Lipinski definition) is 0. The molecule has 10 rings (SSSR count). The minimum absolute atomic E-state index is 0.880. The van der Waals surface area contributed by atoms with E-state index >= 15 is 0 Å². The summed E-state index contributed by atoms with van der Waals surface area (Å²) in [6, 6.07) is 76.0. The van der Waals surface area contributed by atoms with Gasteiger partial charge in [-0.05, 0) is 104 Å². The minimum Gasteiger partial charge on any atom is -0.456 e. The number of para-hydroxylation sites is 1. The average molecular weight is 690 g/mol. The van der Waals surface area contributed by atoms with E-state index in [0.29, 0.717) is 0 Å². The highest BCUT2D eigenvalue weighted by Gasteiger charge is 2.17. The summed E-state index contributed by atoms with van der Waals surface area (Å²) in [5.74, 6) is 0.880. The SMILES string of the molecule is c1ccc(-c2ccccc2-c2ccc(N(c3ccc4cc(-c5cccc(-c6cc7ccccc7o6)c5)ccc4c3)c3cccc4ccccc34)cc2)cc1. The first kappa shape index (κ1) is 31.6. The first-order chi connectivity index (χ1) is 26.7. The van der Waals surface area contributed by atoms with E-state index in [9.17, 15) is 0 Å². The molecule has 0 aliphatic heterocycles. The average Bonchev–Trinajstić information content (AvgIpc) is 3.69.